The highest BCUT2D eigenvalue weighted by atomic mass is 32.2. The Kier molecular flexibility index (Phi) is 5.10. The van der Waals surface area contributed by atoms with Gasteiger partial charge < -0.3 is 14.4 Å². The number of nitrogens with one attached hydrogen (secondary N) is 1. The number of aromatic nitrogens is 1. The number of aromatic carboxylic acids is 1. The summed E-state index contributed by atoms with van der Waals surface area (Å²) in [5, 5.41) is 8.88. The third-order valence-electron chi connectivity index (χ3n) is 2.52. The lowest BCUT2D eigenvalue weighted by Crippen LogP contribution is -2.32. The molecular weight excluding hydrogens is 272 g/mol. The first-order chi connectivity index (χ1) is 8.77. The molecule has 1 aromatic heterocycles. The zero-order chi connectivity index (χ0) is 14.6. The third kappa shape index (κ3) is 4.05. The van der Waals surface area contributed by atoms with Gasteiger partial charge >= 0.3 is 5.97 Å². The molecule has 8 heteroatoms. The lowest BCUT2D eigenvalue weighted by molar-refractivity contribution is 0.0686. The summed E-state index contributed by atoms with van der Waals surface area (Å²) in [6.45, 7) is 4.20. The fraction of sp³-hybridized carbons (Fsp3) is 0.545. The smallest absolute Gasteiger partial charge is 0.352 e. The van der Waals surface area contributed by atoms with Gasteiger partial charge in [0.05, 0.1) is 6.10 Å². The van der Waals surface area contributed by atoms with E-state index in [9.17, 15) is 13.2 Å². The molecule has 2 N–H and O–H groups in total. The zero-order valence-electron chi connectivity index (χ0n) is 11.1. The number of carboxylic acid groups (broad SMARTS) is 1. The van der Waals surface area contributed by atoms with E-state index < -0.39 is 16.0 Å². The number of nitrogens with zero attached hydrogens (tertiary/aromatic N) is 1. The maximum Gasteiger partial charge on any atom is 0.352 e. The quantitative estimate of drug-likeness (QED) is 0.758. The van der Waals surface area contributed by atoms with Crippen molar-refractivity contribution in [3.8, 4) is 0 Å². The van der Waals surface area contributed by atoms with Crippen molar-refractivity contribution in [1.29, 1.82) is 0 Å². The predicted octanol–water partition coefficient (Wildman–Crippen LogP) is 0.427. The van der Waals surface area contributed by atoms with Crippen LogP contribution in [-0.4, -0.2) is 43.3 Å². The SMILES string of the molecule is CCOC(C)CNS(=O)(=O)c1cc(C(=O)O)n(C)c1. The Hall–Kier alpha value is -1.38. The standard InChI is InChI=1S/C11H18N2O5S/c1-4-18-8(2)6-12-19(16,17)9-5-10(11(14)15)13(3)7-9/h5,7-8,12H,4,6H2,1-3H3,(H,14,15). The van der Waals surface area contributed by atoms with E-state index in [1.54, 1.807) is 6.92 Å². The molecule has 0 spiro atoms. The monoisotopic (exact) mass is 290 g/mol. The topological polar surface area (TPSA) is 97.6 Å². The van der Waals surface area contributed by atoms with Crippen LogP contribution in [0.5, 0.6) is 0 Å². The van der Waals surface area contributed by atoms with Crippen LogP contribution in [0.2, 0.25) is 0 Å². The van der Waals surface area contributed by atoms with Gasteiger partial charge in [-0.05, 0) is 19.9 Å². The molecule has 1 aromatic rings. The van der Waals surface area contributed by atoms with Gasteiger partial charge in [-0.15, -0.1) is 0 Å². The van der Waals surface area contributed by atoms with E-state index in [1.807, 2.05) is 6.92 Å². The van der Waals surface area contributed by atoms with Gasteiger partial charge in [0.25, 0.3) is 0 Å². The molecule has 1 unspecified atom stereocenters. The summed E-state index contributed by atoms with van der Waals surface area (Å²) in [4.78, 5) is 10.8. The molecule has 1 atom stereocenters. The van der Waals surface area contributed by atoms with Crippen LogP contribution in [0.15, 0.2) is 17.2 Å². The molecule has 0 aliphatic carbocycles. The van der Waals surface area contributed by atoms with E-state index in [2.05, 4.69) is 4.72 Å². The highest BCUT2D eigenvalue weighted by molar-refractivity contribution is 7.89. The first-order valence-corrected chi connectivity index (χ1v) is 7.27. The average molecular weight is 290 g/mol. The normalized spacial score (nSPS) is 13.4. The molecule has 0 aliphatic rings. The number of carbonyl (C=O) groups is 1. The van der Waals surface area contributed by atoms with Crippen molar-refractivity contribution in [3.05, 3.63) is 18.0 Å². The van der Waals surface area contributed by atoms with E-state index >= 15 is 0 Å². The molecule has 1 heterocycles. The number of hydrogen-bond acceptors (Lipinski definition) is 4. The Bertz CT molecular complexity index is 549. The van der Waals surface area contributed by atoms with Crippen LogP contribution in [-0.2, 0) is 21.8 Å². The summed E-state index contributed by atoms with van der Waals surface area (Å²) in [7, 11) is -2.25. The summed E-state index contributed by atoms with van der Waals surface area (Å²) in [5.41, 5.74) is -0.0850. The molecule has 19 heavy (non-hydrogen) atoms. The van der Waals surface area contributed by atoms with E-state index in [0.29, 0.717) is 6.61 Å². The molecule has 1 rings (SSSR count). The largest absolute Gasteiger partial charge is 0.477 e. The Morgan fingerprint density at radius 2 is 2.21 bits per heavy atom. The minimum atomic E-state index is -3.72. The van der Waals surface area contributed by atoms with Gasteiger partial charge in [-0.1, -0.05) is 0 Å². The summed E-state index contributed by atoms with van der Waals surface area (Å²) < 4.78 is 32.8. The van der Waals surface area contributed by atoms with Crippen LogP contribution in [0.25, 0.3) is 0 Å². The second kappa shape index (κ2) is 6.18. The predicted molar refractivity (Wildman–Crippen MR) is 68.6 cm³/mol. The van der Waals surface area contributed by atoms with Crippen LogP contribution in [0.3, 0.4) is 0 Å². The van der Waals surface area contributed by atoms with Crippen LogP contribution < -0.4 is 4.72 Å². The zero-order valence-corrected chi connectivity index (χ0v) is 11.9. The van der Waals surface area contributed by atoms with Crippen molar-refractivity contribution in [2.45, 2.75) is 24.8 Å². The van der Waals surface area contributed by atoms with Crippen molar-refractivity contribution in [2.24, 2.45) is 7.05 Å². The lowest BCUT2D eigenvalue weighted by atomic mass is 10.4. The number of sulfonamides is 1. The van der Waals surface area contributed by atoms with E-state index in [1.165, 1.54) is 17.8 Å². The van der Waals surface area contributed by atoms with Gasteiger partial charge in [-0.3, -0.25) is 0 Å². The van der Waals surface area contributed by atoms with Crippen molar-refractivity contribution in [1.82, 2.24) is 9.29 Å². The molecule has 0 aliphatic heterocycles. The highest BCUT2D eigenvalue weighted by Crippen LogP contribution is 2.13. The van der Waals surface area contributed by atoms with Gasteiger partial charge in [0, 0.05) is 26.4 Å². The van der Waals surface area contributed by atoms with Crippen molar-refractivity contribution < 1.29 is 23.1 Å². The second-order valence-corrected chi connectivity index (χ2v) is 5.86. The lowest BCUT2D eigenvalue weighted by Gasteiger charge is -2.12. The number of hydrogen-bond donors (Lipinski definition) is 2. The first-order valence-electron chi connectivity index (χ1n) is 5.78. The Balaban J connectivity index is 2.83. The number of aryl methyl sites for hydroxylation is 1. The molecule has 0 radical (unpaired) electrons. The van der Waals surface area contributed by atoms with Gasteiger partial charge in [0.2, 0.25) is 10.0 Å². The molecule has 0 fully saturated rings. The highest BCUT2D eigenvalue weighted by Gasteiger charge is 2.20. The van der Waals surface area contributed by atoms with Crippen molar-refractivity contribution >= 4 is 16.0 Å². The maximum absolute atomic E-state index is 12.0. The van der Waals surface area contributed by atoms with Crippen molar-refractivity contribution in [3.63, 3.8) is 0 Å². The molecular formula is C11H18N2O5S. The Morgan fingerprint density at radius 1 is 1.58 bits per heavy atom. The van der Waals surface area contributed by atoms with E-state index in [4.69, 9.17) is 9.84 Å². The molecule has 0 aromatic carbocycles. The van der Waals surface area contributed by atoms with Gasteiger partial charge in [-0.2, -0.15) is 0 Å². The average Bonchev–Trinajstić information content (AvgIpc) is 2.70. The molecule has 0 saturated carbocycles. The maximum atomic E-state index is 12.0. The molecule has 7 nitrogen and oxygen atoms in total. The summed E-state index contributed by atoms with van der Waals surface area (Å²) >= 11 is 0. The summed E-state index contributed by atoms with van der Waals surface area (Å²) in [6, 6.07) is 1.12. The fourth-order valence-corrected chi connectivity index (χ4v) is 2.73. The van der Waals surface area contributed by atoms with Crippen LogP contribution >= 0.6 is 0 Å². The van der Waals surface area contributed by atoms with Crippen LogP contribution in [0.4, 0.5) is 0 Å². The Labute approximate surface area is 112 Å². The third-order valence-corrected chi connectivity index (χ3v) is 3.91. The summed E-state index contributed by atoms with van der Waals surface area (Å²) in [5.74, 6) is -1.17. The van der Waals surface area contributed by atoms with Gasteiger partial charge in [-0.25, -0.2) is 17.9 Å². The van der Waals surface area contributed by atoms with Gasteiger partial charge in [0.1, 0.15) is 10.6 Å². The minimum Gasteiger partial charge on any atom is -0.477 e. The second-order valence-electron chi connectivity index (χ2n) is 4.09. The molecule has 0 saturated heterocycles. The van der Waals surface area contributed by atoms with Crippen LogP contribution in [0, 0.1) is 0 Å². The van der Waals surface area contributed by atoms with E-state index in [-0.39, 0.29) is 23.2 Å². The number of rotatable bonds is 7. The number of carboxylic acids is 1. The molecule has 0 bridgehead atoms. The van der Waals surface area contributed by atoms with E-state index in [0.717, 1.165) is 6.07 Å². The van der Waals surface area contributed by atoms with Crippen molar-refractivity contribution in [2.75, 3.05) is 13.2 Å². The summed E-state index contributed by atoms with van der Waals surface area (Å²) in [6.07, 6.45) is 1.01. The fourth-order valence-electron chi connectivity index (χ4n) is 1.55. The first kappa shape index (κ1) is 15.7. The minimum absolute atomic E-state index is 0.0731. The van der Waals surface area contributed by atoms with Gasteiger partial charge in [0.15, 0.2) is 0 Å². The Morgan fingerprint density at radius 3 is 2.68 bits per heavy atom. The molecule has 0 amide bonds. The van der Waals surface area contributed by atoms with Crippen LogP contribution in [0.1, 0.15) is 24.3 Å². The number of ether oxygens (including phenoxy) is 1. The molecule has 108 valence electrons.